The fraction of sp³-hybridized carbons (Fsp3) is 0.364. The van der Waals surface area contributed by atoms with Crippen LogP contribution in [-0.2, 0) is 4.79 Å². The summed E-state index contributed by atoms with van der Waals surface area (Å²) in [5.74, 6) is -0.998. The molecule has 1 atom stereocenters. The fourth-order valence-corrected chi connectivity index (χ4v) is 1.74. The highest BCUT2D eigenvalue weighted by Crippen LogP contribution is 2.31. The van der Waals surface area contributed by atoms with Crippen molar-refractivity contribution >= 4 is 21.9 Å². The number of halogens is 1. The SMILES string of the molecule is C=C1C=CC(Br)=C(C(=O)O)C1C.CC. The lowest BCUT2D eigenvalue weighted by Gasteiger charge is -2.17. The van der Waals surface area contributed by atoms with Crippen LogP contribution in [0.25, 0.3) is 0 Å². The van der Waals surface area contributed by atoms with Crippen molar-refractivity contribution in [2.45, 2.75) is 20.8 Å². The minimum absolute atomic E-state index is 0.109. The Bertz CT molecular complexity index is 300. The number of carbonyl (C=O) groups is 1. The van der Waals surface area contributed by atoms with E-state index in [-0.39, 0.29) is 5.92 Å². The van der Waals surface area contributed by atoms with E-state index in [9.17, 15) is 4.79 Å². The van der Waals surface area contributed by atoms with E-state index in [0.29, 0.717) is 10.1 Å². The lowest BCUT2D eigenvalue weighted by atomic mass is 9.90. The minimum Gasteiger partial charge on any atom is -0.478 e. The maximum atomic E-state index is 10.8. The number of carboxylic acid groups (broad SMARTS) is 1. The number of carboxylic acids is 1. The molecule has 1 aliphatic rings. The monoisotopic (exact) mass is 258 g/mol. The molecule has 0 aliphatic heterocycles. The van der Waals surface area contributed by atoms with Crippen molar-refractivity contribution in [3.05, 3.63) is 34.4 Å². The molecule has 14 heavy (non-hydrogen) atoms. The molecule has 1 unspecified atom stereocenters. The van der Waals surface area contributed by atoms with Crippen LogP contribution in [0.5, 0.6) is 0 Å². The number of hydrogen-bond acceptors (Lipinski definition) is 1. The Hall–Kier alpha value is -0.830. The molecule has 0 bridgehead atoms. The average Bonchev–Trinajstić information content (AvgIpc) is 2.15. The second kappa shape index (κ2) is 5.81. The van der Waals surface area contributed by atoms with E-state index in [0.717, 1.165) is 5.57 Å². The molecule has 0 saturated heterocycles. The predicted molar refractivity (Wildman–Crippen MR) is 62.4 cm³/mol. The standard InChI is InChI=1S/C9H9BrO2.C2H6/c1-5-3-4-7(10)8(6(5)2)9(11)12;1-2/h3-4,6H,1H2,2H3,(H,11,12);1-2H3. The van der Waals surface area contributed by atoms with Gasteiger partial charge in [0.05, 0.1) is 5.57 Å². The third kappa shape index (κ3) is 2.84. The van der Waals surface area contributed by atoms with E-state index < -0.39 is 5.97 Å². The molecule has 1 N–H and O–H groups in total. The Balaban J connectivity index is 0.000000791. The first kappa shape index (κ1) is 13.2. The largest absolute Gasteiger partial charge is 0.478 e. The van der Waals surface area contributed by atoms with Crippen LogP contribution in [-0.4, -0.2) is 11.1 Å². The maximum Gasteiger partial charge on any atom is 0.333 e. The van der Waals surface area contributed by atoms with E-state index in [1.165, 1.54) is 0 Å². The molecule has 2 nitrogen and oxygen atoms in total. The molecule has 1 rings (SSSR count). The van der Waals surface area contributed by atoms with Crippen molar-refractivity contribution in [3.63, 3.8) is 0 Å². The van der Waals surface area contributed by atoms with Crippen LogP contribution in [0.4, 0.5) is 0 Å². The highest BCUT2D eigenvalue weighted by molar-refractivity contribution is 9.12. The van der Waals surface area contributed by atoms with Gasteiger partial charge >= 0.3 is 5.97 Å². The predicted octanol–water partition coefficient (Wildman–Crippen LogP) is 3.51. The number of aliphatic carboxylic acids is 1. The summed E-state index contributed by atoms with van der Waals surface area (Å²) in [5.41, 5.74) is 1.21. The Morgan fingerprint density at radius 3 is 2.36 bits per heavy atom. The minimum atomic E-state index is -0.889. The van der Waals surface area contributed by atoms with Gasteiger partial charge in [-0.15, -0.1) is 0 Å². The van der Waals surface area contributed by atoms with Crippen molar-refractivity contribution in [3.8, 4) is 0 Å². The zero-order valence-corrected chi connectivity index (χ0v) is 10.3. The molecular formula is C11H15BrO2. The Morgan fingerprint density at radius 2 is 2.00 bits per heavy atom. The molecule has 0 spiro atoms. The van der Waals surface area contributed by atoms with Crippen molar-refractivity contribution in [1.29, 1.82) is 0 Å². The topological polar surface area (TPSA) is 37.3 Å². The second-order valence-electron chi connectivity index (χ2n) is 2.70. The third-order valence-corrected chi connectivity index (χ3v) is 2.61. The van der Waals surface area contributed by atoms with Gasteiger partial charge in [-0.3, -0.25) is 0 Å². The molecule has 0 amide bonds. The lowest BCUT2D eigenvalue weighted by Crippen LogP contribution is -2.14. The Labute approximate surface area is 93.1 Å². The molecule has 0 saturated carbocycles. The summed E-state index contributed by atoms with van der Waals surface area (Å²) in [5, 5.41) is 8.83. The maximum absolute atomic E-state index is 10.8. The zero-order valence-electron chi connectivity index (χ0n) is 8.67. The first-order chi connectivity index (χ1) is 6.54. The van der Waals surface area contributed by atoms with Gasteiger partial charge < -0.3 is 5.11 Å². The molecular weight excluding hydrogens is 244 g/mol. The van der Waals surface area contributed by atoms with Gasteiger partial charge in [-0.2, -0.15) is 0 Å². The van der Waals surface area contributed by atoms with Crippen LogP contribution in [0.3, 0.4) is 0 Å². The van der Waals surface area contributed by atoms with Gasteiger partial charge in [-0.1, -0.05) is 49.4 Å². The van der Waals surface area contributed by atoms with Crippen molar-refractivity contribution in [2.24, 2.45) is 5.92 Å². The molecule has 0 aromatic heterocycles. The quantitative estimate of drug-likeness (QED) is 0.782. The number of allylic oxidation sites excluding steroid dienone is 4. The molecule has 1 aliphatic carbocycles. The molecule has 0 radical (unpaired) electrons. The molecule has 3 heteroatoms. The fourth-order valence-electron chi connectivity index (χ4n) is 1.09. The average molecular weight is 259 g/mol. The first-order valence-electron chi connectivity index (χ1n) is 4.54. The van der Waals surface area contributed by atoms with Gasteiger partial charge in [0.2, 0.25) is 0 Å². The Kier molecular flexibility index (Phi) is 5.46. The summed E-state index contributed by atoms with van der Waals surface area (Å²) in [6, 6.07) is 0. The van der Waals surface area contributed by atoms with Crippen molar-refractivity contribution in [1.82, 2.24) is 0 Å². The molecule has 0 heterocycles. The van der Waals surface area contributed by atoms with Gasteiger partial charge in [0.1, 0.15) is 0 Å². The lowest BCUT2D eigenvalue weighted by molar-refractivity contribution is -0.133. The summed E-state index contributed by atoms with van der Waals surface area (Å²) >= 11 is 3.19. The van der Waals surface area contributed by atoms with Crippen molar-refractivity contribution < 1.29 is 9.90 Å². The summed E-state index contributed by atoms with van der Waals surface area (Å²) in [6.07, 6.45) is 3.53. The smallest absolute Gasteiger partial charge is 0.333 e. The number of rotatable bonds is 1. The molecule has 0 fully saturated rings. The van der Waals surface area contributed by atoms with Crippen LogP contribution < -0.4 is 0 Å². The van der Waals surface area contributed by atoms with Crippen LogP contribution in [0.1, 0.15) is 20.8 Å². The second-order valence-corrected chi connectivity index (χ2v) is 3.55. The summed E-state index contributed by atoms with van der Waals surface area (Å²) in [4.78, 5) is 10.8. The van der Waals surface area contributed by atoms with Gasteiger partial charge in [-0.05, 0) is 11.6 Å². The van der Waals surface area contributed by atoms with E-state index in [1.54, 1.807) is 6.08 Å². The van der Waals surface area contributed by atoms with Crippen LogP contribution in [0.2, 0.25) is 0 Å². The van der Waals surface area contributed by atoms with Gasteiger partial charge in [-0.25, -0.2) is 4.79 Å². The van der Waals surface area contributed by atoms with Crippen LogP contribution in [0.15, 0.2) is 34.4 Å². The van der Waals surface area contributed by atoms with Gasteiger partial charge in [0, 0.05) is 10.4 Å². The number of hydrogen-bond donors (Lipinski definition) is 1. The zero-order chi connectivity index (χ0) is 11.3. The van der Waals surface area contributed by atoms with Gasteiger partial charge in [0.25, 0.3) is 0 Å². The van der Waals surface area contributed by atoms with Crippen LogP contribution in [0, 0.1) is 5.92 Å². The Morgan fingerprint density at radius 1 is 1.50 bits per heavy atom. The molecule has 0 aromatic rings. The summed E-state index contributed by atoms with van der Waals surface area (Å²) in [7, 11) is 0. The van der Waals surface area contributed by atoms with E-state index in [4.69, 9.17) is 5.11 Å². The molecule has 0 aromatic carbocycles. The third-order valence-electron chi connectivity index (χ3n) is 1.92. The first-order valence-corrected chi connectivity index (χ1v) is 5.33. The van der Waals surface area contributed by atoms with E-state index >= 15 is 0 Å². The van der Waals surface area contributed by atoms with Gasteiger partial charge in [0.15, 0.2) is 0 Å². The van der Waals surface area contributed by atoms with E-state index in [1.807, 2.05) is 26.8 Å². The van der Waals surface area contributed by atoms with E-state index in [2.05, 4.69) is 22.5 Å². The van der Waals surface area contributed by atoms with Crippen LogP contribution >= 0.6 is 15.9 Å². The highest BCUT2D eigenvalue weighted by atomic mass is 79.9. The normalized spacial score (nSPS) is 20.3. The summed E-state index contributed by atoms with van der Waals surface area (Å²) < 4.78 is 0.634. The highest BCUT2D eigenvalue weighted by Gasteiger charge is 2.22. The van der Waals surface area contributed by atoms with Crippen molar-refractivity contribution in [2.75, 3.05) is 0 Å². The summed E-state index contributed by atoms with van der Waals surface area (Å²) in [6.45, 7) is 9.59. The molecule has 78 valence electrons.